The molecule has 0 radical (unpaired) electrons. The minimum atomic E-state index is -1.20. The van der Waals surface area contributed by atoms with Gasteiger partial charge in [0.15, 0.2) is 10.1 Å². The molecular weight excluding hydrogens is 582 g/mol. The predicted molar refractivity (Wildman–Crippen MR) is 145 cm³/mol. The summed E-state index contributed by atoms with van der Waals surface area (Å²) in [6, 6.07) is 6.44. The number of amides is 2. The smallest absolute Gasteiger partial charge is 0.352 e. The Kier molecular flexibility index (Phi) is 7.82. The zero-order valence-electron chi connectivity index (χ0n) is 21.0. The predicted octanol–water partition coefficient (Wildman–Crippen LogP) is 3.38. The van der Waals surface area contributed by atoms with E-state index in [0.717, 1.165) is 5.01 Å². The number of aryl methyl sites for hydroxylation is 2. The van der Waals surface area contributed by atoms with Crippen LogP contribution >= 0.6 is 34.9 Å². The van der Waals surface area contributed by atoms with Crippen LogP contribution in [0.3, 0.4) is 0 Å². The second kappa shape index (κ2) is 11.3. The van der Waals surface area contributed by atoms with Gasteiger partial charge >= 0.3 is 5.97 Å². The van der Waals surface area contributed by atoms with Crippen molar-refractivity contribution in [1.82, 2.24) is 20.4 Å². The highest BCUT2D eigenvalue weighted by Gasteiger charge is 2.54. The van der Waals surface area contributed by atoms with Gasteiger partial charge in [-0.05, 0) is 43.7 Å². The van der Waals surface area contributed by atoms with E-state index in [1.807, 2.05) is 6.92 Å². The molecule has 0 bridgehead atoms. The zero-order valence-corrected chi connectivity index (χ0v) is 23.4. The summed E-state index contributed by atoms with van der Waals surface area (Å²) >= 11 is 4.15. The molecule has 4 heterocycles. The maximum Gasteiger partial charge on any atom is 0.352 e. The third kappa shape index (κ3) is 5.55. The van der Waals surface area contributed by atoms with Crippen molar-refractivity contribution in [2.45, 2.75) is 36.2 Å². The molecule has 5 rings (SSSR count). The number of nitrogens with one attached hydrogen (secondary N) is 1. The fourth-order valence-corrected chi connectivity index (χ4v) is 7.45. The number of carboxylic acids is 1. The number of carbonyl (C=O) groups is 3. The number of carboxylic acid groups (broad SMARTS) is 1. The Hall–Kier alpha value is -3.89. The number of nitro benzene ring substituents is 1. The summed E-state index contributed by atoms with van der Waals surface area (Å²) in [5.74, 6) is -0.899. The summed E-state index contributed by atoms with van der Waals surface area (Å²) in [4.78, 5) is 49.5. The van der Waals surface area contributed by atoms with Gasteiger partial charge in [0.25, 0.3) is 17.5 Å². The van der Waals surface area contributed by atoms with Gasteiger partial charge in [-0.2, -0.15) is 0 Å². The van der Waals surface area contributed by atoms with Crippen molar-refractivity contribution in [3.05, 3.63) is 73.8 Å². The molecule has 0 aliphatic carbocycles. The maximum atomic E-state index is 12.9. The molecule has 1 fully saturated rings. The number of aromatic nitrogens is 2. The Morgan fingerprint density at radius 3 is 2.77 bits per heavy atom. The molecule has 3 aromatic rings. The van der Waals surface area contributed by atoms with Crippen molar-refractivity contribution < 1.29 is 33.6 Å². The Bertz CT molecular complexity index is 1550. The molecule has 1 aromatic carbocycles. The lowest BCUT2D eigenvalue weighted by Gasteiger charge is -2.49. The summed E-state index contributed by atoms with van der Waals surface area (Å²) in [5.41, 5.74) is 0.963. The van der Waals surface area contributed by atoms with E-state index in [9.17, 15) is 29.6 Å². The van der Waals surface area contributed by atoms with E-state index in [-0.39, 0.29) is 23.8 Å². The zero-order chi connectivity index (χ0) is 28.6. The van der Waals surface area contributed by atoms with Crippen molar-refractivity contribution in [2.24, 2.45) is 0 Å². The van der Waals surface area contributed by atoms with Crippen LogP contribution in [0.1, 0.15) is 26.9 Å². The molecular formula is C24H21N5O8S3. The van der Waals surface area contributed by atoms with E-state index < -0.39 is 34.1 Å². The average molecular weight is 604 g/mol. The number of nitro groups is 1. The molecule has 40 heavy (non-hydrogen) atoms. The normalized spacial score (nSPS) is 18.2. The first-order valence-electron chi connectivity index (χ1n) is 11.7. The summed E-state index contributed by atoms with van der Waals surface area (Å²) in [5, 5.41) is 31.7. The molecule has 13 nitrogen and oxygen atoms in total. The first-order valence-corrected chi connectivity index (χ1v) is 14.6. The molecule has 0 saturated carbocycles. The highest BCUT2D eigenvalue weighted by Crippen LogP contribution is 2.42. The van der Waals surface area contributed by atoms with Gasteiger partial charge < -0.3 is 19.6 Å². The fourth-order valence-electron chi connectivity index (χ4n) is 4.15. The summed E-state index contributed by atoms with van der Waals surface area (Å²) in [7, 11) is 0. The number of aliphatic carboxylic acids is 1. The highest BCUT2D eigenvalue weighted by molar-refractivity contribution is 8.01. The number of hydrogen-bond donors (Lipinski definition) is 2. The molecule has 2 unspecified atom stereocenters. The number of thioether (sulfide) groups is 2. The molecule has 2 amide bonds. The van der Waals surface area contributed by atoms with Crippen molar-refractivity contribution in [3.8, 4) is 5.75 Å². The Labute approximate surface area is 239 Å². The molecule has 16 heteroatoms. The minimum Gasteiger partial charge on any atom is -0.486 e. The number of β-lactam (4-membered cyclic amide) rings is 1. The van der Waals surface area contributed by atoms with Crippen LogP contribution in [0.25, 0.3) is 0 Å². The molecule has 2 N–H and O–H groups in total. The number of furan rings is 1. The Morgan fingerprint density at radius 1 is 1.30 bits per heavy atom. The lowest BCUT2D eigenvalue weighted by Crippen LogP contribution is -2.70. The third-order valence-electron chi connectivity index (χ3n) is 6.05. The number of carbonyl (C=O) groups excluding carboxylic acids is 2. The average Bonchev–Trinajstić information content (AvgIpc) is 3.57. The number of ether oxygens (including phenoxy) is 1. The van der Waals surface area contributed by atoms with Gasteiger partial charge in [-0.3, -0.25) is 24.6 Å². The van der Waals surface area contributed by atoms with Crippen LogP contribution in [-0.4, -0.2) is 65.8 Å². The number of benzene rings is 1. The minimum absolute atomic E-state index is 0.0195. The quantitative estimate of drug-likeness (QED) is 0.150. The monoisotopic (exact) mass is 603 g/mol. The van der Waals surface area contributed by atoms with Gasteiger partial charge in [0.2, 0.25) is 0 Å². The van der Waals surface area contributed by atoms with Crippen molar-refractivity contribution in [3.63, 3.8) is 0 Å². The second-order valence-electron chi connectivity index (χ2n) is 8.75. The lowest BCUT2D eigenvalue weighted by atomic mass is 10.0. The summed E-state index contributed by atoms with van der Waals surface area (Å²) in [6.07, 6.45) is 0. The second-order valence-corrected chi connectivity index (χ2v) is 12.3. The van der Waals surface area contributed by atoms with Crippen LogP contribution < -0.4 is 10.1 Å². The van der Waals surface area contributed by atoms with Gasteiger partial charge in [0.05, 0.1) is 4.92 Å². The Morgan fingerprint density at radius 2 is 2.10 bits per heavy atom. The molecule has 0 spiro atoms. The van der Waals surface area contributed by atoms with Crippen molar-refractivity contribution in [2.75, 3.05) is 11.5 Å². The van der Waals surface area contributed by atoms with Crippen LogP contribution in [0.4, 0.5) is 5.69 Å². The van der Waals surface area contributed by atoms with Gasteiger partial charge in [0, 0.05) is 23.1 Å². The molecule has 2 aliphatic rings. The third-order valence-corrected chi connectivity index (χ3v) is 9.44. The van der Waals surface area contributed by atoms with Crippen molar-refractivity contribution in [1.29, 1.82) is 0 Å². The SMILES string of the molecule is Cc1nnc(SCC2=C(C(=O)O)N3C(=O)C(NC(=O)c4ccc(COc5ccc([N+](=O)[O-])c(C)c5)o4)C3SC2)s1. The fraction of sp³-hybridized carbons (Fsp3) is 0.292. The van der Waals surface area contributed by atoms with E-state index in [0.29, 0.717) is 38.5 Å². The molecule has 2 aromatic heterocycles. The summed E-state index contributed by atoms with van der Waals surface area (Å²) < 4.78 is 11.9. The van der Waals surface area contributed by atoms with Gasteiger partial charge in [0.1, 0.15) is 40.2 Å². The van der Waals surface area contributed by atoms with E-state index in [1.54, 1.807) is 13.0 Å². The Balaban J connectivity index is 1.19. The first-order chi connectivity index (χ1) is 19.1. The van der Waals surface area contributed by atoms with Gasteiger partial charge in [-0.25, -0.2) is 4.79 Å². The van der Waals surface area contributed by atoms with E-state index in [1.165, 1.54) is 64.0 Å². The first kappa shape index (κ1) is 27.7. The number of hydrogen-bond acceptors (Lipinski definition) is 12. The highest BCUT2D eigenvalue weighted by atomic mass is 32.2. The van der Waals surface area contributed by atoms with Gasteiger partial charge in [-0.1, -0.05) is 23.1 Å². The van der Waals surface area contributed by atoms with E-state index in [4.69, 9.17) is 9.15 Å². The van der Waals surface area contributed by atoms with Crippen LogP contribution in [0.15, 0.2) is 50.4 Å². The van der Waals surface area contributed by atoms with Gasteiger partial charge in [-0.15, -0.1) is 22.0 Å². The standard InChI is InChI=1S/C24H21N5O8S3/c1-11-7-14(3-5-16(11)29(34)35)36-8-15-4-6-17(37-15)20(30)25-18-21(31)28-19(23(32)33)13(9-38-22(18)28)10-39-24-27-26-12(2)40-24/h3-7,18,22H,8-10H2,1-2H3,(H,25,30)(H,32,33). The van der Waals surface area contributed by atoms with E-state index >= 15 is 0 Å². The summed E-state index contributed by atoms with van der Waals surface area (Å²) in [6.45, 7) is 3.41. The molecule has 208 valence electrons. The number of nitrogens with zero attached hydrogens (tertiary/aromatic N) is 4. The van der Waals surface area contributed by atoms with Crippen molar-refractivity contribution >= 4 is 58.3 Å². The molecule has 1 saturated heterocycles. The van der Waals surface area contributed by atoms with E-state index in [2.05, 4.69) is 15.5 Å². The molecule has 2 atom stereocenters. The lowest BCUT2D eigenvalue weighted by molar-refractivity contribution is -0.385. The largest absolute Gasteiger partial charge is 0.486 e. The molecule has 2 aliphatic heterocycles. The number of fused-ring (bicyclic) bond motifs is 1. The van der Waals surface area contributed by atoms with Crippen LogP contribution in [0.2, 0.25) is 0 Å². The topological polar surface area (TPSA) is 178 Å². The van der Waals surface area contributed by atoms with Crippen LogP contribution in [-0.2, 0) is 16.2 Å². The number of rotatable bonds is 10. The van der Waals surface area contributed by atoms with Crippen LogP contribution in [0, 0.1) is 24.0 Å². The maximum absolute atomic E-state index is 12.9. The van der Waals surface area contributed by atoms with Crippen LogP contribution in [0.5, 0.6) is 5.75 Å².